The smallest absolute Gasteiger partial charge is 0.326 e. The van der Waals surface area contributed by atoms with E-state index in [9.17, 15) is 18.4 Å². The van der Waals surface area contributed by atoms with Crippen LogP contribution in [0.3, 0.4) is 0 Å². The second kappa shape index (κ2) is 5.20. The molecule has 2 unspecified atom stereocenters. The van der Waals surface area contributed by atoms with Crippen molar-refractivity contribution in [1.29, 1.82) is 0 Å². The molecule has 1 fully saturated rings. The molecule has 0 saturated carbocycles. The number of piperidine rings is 1. The molecular formula is C10H15F2NO3S. The van der Waals surface area contributed by atoms with Gasteiger partial charge in [0.1, 0.15) is 6.04 Å². The number of nitrogens with zero attached hydrogens (tertiary/aromatic N) is 1. The van der Waals surface area contributed by atoms with E-state index in [-0.39, 0.29) is 12.2 Å². The number of carboxylic acids is 1. The molecule has 0 bridgehead atoms. The van der Waals surface area contributed by atoms with Crippen LogP contribution in [0.25, 0.3) is 0 Å². The lowest BCUT2D eigenvalue weighted by atomic mass is 9.97. The fourth-order valence-electron chi connectivity index (χ4n) is 1.79. The van der Waals surface area contributed by atoms with Gasteiger partial charge >= 0.3 is 5.97 Å². The minimum atomic E-state index is -3.00. The number of hydrogen-bond acceptors (Lipinski definition) is 3. The summed E-state index contributed by atoms with van der Waals surface area (Å²) in [5.41, 5.74) is 0. The Hall–Kier alpha value is -0.850. The van der Waals surface area contributed by atoms with Gasteiger partial charge in [-0.2, -0.15) is 12.6 Å². The van der Waals surface area contributed by atoms with Crippen LogP contribution in [0.2, 0.25) is 0 Å². The van der Waals surface area contributed by atoms with Crippen molar-refractivity contribution in [3.8, 4) is 0 Å². The zero-order chi connectivity index (χ0) is 13.2. The predicted octanol–water partition coefficient (Wildman–Crippen LogP) is 1.26. The van der Waals surface area contributed by atoms with Gasteiger partial charge < -0.3 is 10.0 Å². The first-order valence-electron chi connectivity index (χ1n) is 5.30. The first kappa shape index (κ1) is 14.2. The summed E-state index contributed by atoms with van der Waals surface area (Å²) < 4.78 is 26.4. The maximum Gasteiger partial charge on any atom is 0.326 e. The van der Waals surface area contributed by atoms with E-state index < -0.39 is 42.7 Å². The summed E-state index contributed by atoms with van der Waals surface area (Å²) >= 11 is 3.92. The molecule has 0 aromatic carbocycles. The van der Waals surface area contributed by atoms with Gasteiger partial charge in [-0.1, -0.05) is 6.92 Å². The number of likely N-dealkylation sites (tertiary alicyclic amines) is 1. The molecule has 98 valence electrons. The minimum absolute atomic E-state index is 0.202. The van der Waals surface area contributed by atoms with Gasteiger partial charge in [-0.3, -0.25) is 4.79 Å². The van der Waals surface area contributed by atoms with Crippen molar-refractivity contribution in [3.05, 3.63) is 0 Å². The van der Waals surface area contributed by atoms with Crippen LogP contribution >= 0.6 is 12.6 Å². The van der Waals surface area contributed by atoms with Crippen LogP contribution in [0.5, 0.6) is 0 Å². The van der Waals surface area contributed by atoms with E-state index in [0.29, 0.717) is 0 Å². The highest BCUT2D eigenvalue weighted by molar-refractivity contribution is 7.80. The molecule has 1 saturated heterocycles. The summed E-state index contributed by atoms with van der Waals surface area (Å²) in [4.78, 5) is 23.5. The van der Waals surface area contributed by atoms with Gasteiger partial charge in [0, 0.05) is 18.1 Å². The standard InChI is InChI=1S/C10H15F2NO3S/c1-6(4-17)8(14)13-5-10(11,12)3-2-7(13)9(15)16/h6-7,17H,2-5H2,1H3,(H,15,16). The van der Waals surface area contributed by atoms with Crippen molar-refractivity contribution in [2.24, 2.45) is 5.92 Å². The van der Waals surface area contributed by atoms with Crippen molar-refractivity contribution < 1.29 is 23.5 Å². The molecule has 1 aliphatic heterocycles. The summed E-state index contributed by atoms with van der Waals surface area (Å²) in [6.45, 7) is 0.724. The van der Waals surface area contributed by atoms with E-state index in [2.05, 4.69) is 12.6 Å². The summed E-state index contributed by atoms with van der Waals surface area (Å²) in [6, 6.07) is -1.15. The van der Waals surface area contributed by atoms with Gasteiger partial charge in [-0.05, 0) is 6.42 Å². The number of rotatable bonds is 3. The van der Waals surface area contributed by atoms with Gasteiger partial charge in [0.2, 0.25) is 5.91 Å². The van der Waals surface area contributed by atoms with E-state index >= 15 is 0 Å². The highest BCUT2D eigenvalue weighted by Crippen LogP contribution is 2.31. The van der Waals surface area contributed by atoms with Crippen molar-refractivity contribution in [3.63, 3.8) is 0 Å². The van der Waals surface area contributed by atoms with E-state index in [0.717, 1.165) is 4.90 Å². The molecular weight excluding hydrogens is 252 g/mol. The number of carbonyl (C=O) groups excluding carboxylic acids is 1. The molecule has 0 spiro atoms. The predicted molar refractivity (Wildman–Crippen MR) is 60.3 cm³/mol. The molecule has 7 heteroatoms. The molecule has 1 amide bonds. The van der Waals surface area contributed by atoms with Crippen molar-refractivity contribution in [1.82, 2.24) is 4.90 Å². The second-order valence-electron chi connectivity index (χ2n) is 4.30. The van der Waals surface area contributed by atoms with Crippen LogP contribution in [0.4, 0.5) is 8.78 Å². The Bertz CT molecular complexity index is 325. The SMILES string of the molecule is CC(CS)C(=O)N1CC(F)(F)CCC1C(=O)O. The quantitative estimate of drug-likeness (QED) is 0.757. The number of carbonyl (C=O) groups is 2. The van der Waals surface area contributed by atoms with Crippen LogP contribution in [-0.4, -0.2) is 46.1 Å². The third-order valence-electron chi connectivity index (χ3n) is 2.82. The Kier molecular flexibility index (Phi) is 4.35. The lowest BCUT2D eigenvalue weighted by Gasteiger charge is -2.38. The number of aliphatic carboxylic acids is 1. The summed E-state index contributed by atoms with van der Waals surface area (Å²) in [5.74, 6) is -5.17. The average molecular weight is 267 g/mol. The summed E-state index contributed by atoms with van der Waals surface area (Å²) in [5, 5.41) is 8.92. The molecule has 1 rings (SSSR count). The lowest BCUT2D eigenvalue weighted by Crippen LogP contribution is -2.55. The number of amides is 1. The van der Waals surface area contributed by atoms with Crippen LogP contribution in [0.1, 0.15) is 19.8 Å². The summed E-state index contributed by atoms with van der Waals surface area (Å²) in [6.07, 6.45) is -0.712. The van der Waals surface area contributed by atoms with Crippen LogP contribution in [0.15, 0.2) is 0 Å². The molecule has 0 aliphatic carbocycles. The largest absolute Gasteiger partial charge is 0.480 e. The second-order valence-corrected chi connectivity index (χ2v) is 4.66. The Morgan fingerprint density at radius 1 is 1.59 bits per heavy atom. The van der Waals surface area contributed by atoms with E-state index in [1.807, 2.05) is 0 Å². The molecule has 1 aliphatic rings. The third-order valence-corrected chi connectivity index (χ3v) is 3.37. The van der Waals surface area contributed by atoms with Gasteiger partial charge in [0.25, 0.3) is 5.92 Å². The lowest BCUT2D eigenvalue weighted by molar-refractivity contribution is -0.164. The first-order valence-corrected chi connectivity index (χ1v) is 5.93. The van der Waals surface area contributed by atoms with Gasteiger partial charge in [0.15, 0.2) is 0 Å². The minimum Gasteiger partial charge on any atom is -0.480 e. The Morgan fingerprint density at radius 3 is 2.65 bits per heavy atom. The molecule has 0 aromatic heterocycles. The number of hydrogen-bond donors (Lipinski definition) is 2. The molecule has 2 atom stereocenters. The van der Waals surface area contributed by atoms with Crippen LogP contribution in [-0.2, 0) is 9.59 Å². The highest BCUT2D eigenvalue weighted by Gasteiger charge is 2.45. The molecule has 1 N–H and O–H groups in total. The zero-order valence-corrected chi connectivity index (χ0v) is 10.3. The summed E-state index contributed by atoms with van der Waals surface area (Å²) in [7, 11) is 0. The Labute approximate surface area is 103 Å². The fraction of sp³-hybridized carbons (Fsp3) is 0.800. The van der Waals surface area contributed by atoms with Crippen LogP contribution in [0, 0.1) is 5.92 Å². The third kappa shape index (κ3) is 3.31. The molecule has 17 heavy (non-hydrogen) atoms. The van der Waals surface area contributed by atoms with Gasteiger partial charge in [-0.15, -0.1) is 0 Å². The monoisotopic (exact) mass is 267 g/mol. The maximum absolute atomic E-state index is 13.2. The van der Waals surface area contributed by atoms with E-state index in [4.69, 9.17) is 5.11 Å². The zero-order valence-electron chi connectivity index (χ0n) is 9.40. The van der Waals surface area contributed by atoms with E-state index in [1.165, 1.54) is 0 Å². The molecule has 1 heterocycles. The van der Waals surface area contributed by atoms with Gasteiger partial charge in [0.05, 0.1) is 6.54 Å². The average Bonchev–Trinajstić information content (AvgIpc) is 2.25. The number of carboxylic acid groups (broad SMARTS) is 1. The van der Waals surface area contributed by atoms with Crippen molar-refractivity contribution in [2.45, 2.75) is 31.7 Å². The Balaban J connectivity index is 2.88. The number of halogens is 2. The maximum atomic E-state index is 13.2. The molecule has 4 nitrogen and oxygen atoms in total. The first-order chi connectivity index (χ1) is 7.78. The fourth-order valence-corrected chi connectivity index (χ4v) is 1.95. The van der Waals surface area contributed by atoms with E-state index in [1.54, 1.807) is 6.92 Å². The van der Waals surface area contributed by atoms with Crippen molar-refractivity contribution >= 4 is 24.5 Å². The Morgan fingerprint density at radius 2 is 2.18 bits per heavy atom. The number of thiol groups is 1. The normalized spacial score (nSPS) is 25.4. The van der Waals surface area contributed by atoms with Crippen LogP contribution < -0.4 is 0 Å². The highest BCUT2D eigenvalue weighted by atomic mass is 32.1. The van der Waals surface area contributed by atoms with Gasteiger partial charge in [-0.25, -0.2) is 13.6 Å². The topological polar surface area (TPSA) is 57.6 Å². The van der Waals surface area contributed by atoms with Crippen molar-refractivity contribution in [2.75, 3.05) is 12.3 Å². The molecule has 0 radical (unpaired) electrons. The molecule has 0 aromatic rings. The number of alkyl halides is 2.